The molecule has 2 aromatic carbocycles. The Balaban J connectivity index is 1.78. The topological polar surface area (TPSA) is 12.0 Å². The smallest absolute Gasteiger partial charge is 0.0292 e. The van der Waals surface area contributed by atoms with Gasteiger partial charge in [-0.2, -0.15) is 0 Å². The molecule has 1 N–H and O–H groups in total. The first-order valence-corrected chi connectivity index (χ1v) is 6.55. The van der Waals surface area contributed by atoms with Crippen LogP contribution in [0.3, 0.4) is 0 Å². The third-order valence-corrected chi connectivity index (χ3v) is 3.68. The summed E-state index contributed by atoms with van der Waals surface area (Å²) in [5, 5.41) is 6.29. The Morgan fingerprint density at radius 1 is 1.12 bits per heavy atom. The standard InChI is InChI=1S/C16H19N/c1-12(17-11-13-6-7-13)15-9-8-14-4-2-3-5-16(14)10-15/h2-5,8-10,12-13,17H,6-7,11H2,1H3. The Bertz CT molecular complexity index is 514. The van der Waals surface area contributed by atoms with Crippen molar-refractivity contribution >= 4 is 10.8 Å². The minimum Gasteiger partial charge on any atom is -0.310 e. The van der Waals surface area contributed by atoms with Crippen molar-refractivity contribution in [1.82, 2.24) is 5.32 Å². The fourth-order valence-electron chi connectivity index (χ4n) is 2.26. The van der Waals surface area contributed by atoms with Gasteiger partial charge in [0, 0.05) is 6.04 Å². The highest BCUT2D eigenvalue weighted by Gasteiger charge is 2.21. The molecule has 0 spiro atoms. The average Bonchev–Trinajstić information content (AvgIpc) is 3.19. The molecule has 88 valence electrons. The molecule has 17 heavy (non-hydrogen) atoms. The molecule has 0 amide bonds. The van der Waals surface area contributed by atoms with E-state index in [2.05, 4.69) is 54.7 Å². The average molecular weight is 225 g/mol. The van der Waals surface area contributed by atoms with E-state index in [1.807, 2.05) is 0 Å². The summed E-state index contributed by atoms with van der Waals surface area (Å²) in [4.78, 5) is 0. The lowest BCUT2D eigenvalue weighted by molar-refractivity contribution is 0.549. The van der Waals surface area contributed by atoms with Crippen LogP contribution in [-0.4, -0.2) is 6.54 Å². The fraction of sp³-hybridized carbons (Fsp3) is 0.375. The lowest BCUT2D eigenvalue weighted by Crippen LogP contribution is -2.20. The molecular formula is C16H19N. The van der Waals surface area contributed by atoms with Crippen LogP contribution in [0.4, 0.5) is 0 Å². The van der Waals surface area contributed by atoms with Crippen LogP contribution in [0.15, 0.2) is 42.5 Å². The van der Waals surface area contributed by atoms with Crippen molar-refractivity contribution in [2.24, 2.45) is 5.92 Å². The molecule has 0 radical (unpaired) electrons. The van der Waals surface area contributed by atoms with E-state index in [-0.39, 0.29) is 0 Å². The Kier molecular flexibility index (Phi) is 2.86. The van der Waals surface area contributed by atoms with Crippen molar-refractivity contribution in [3.63, 3.8) is 0 Å². The first-order chi connectivity index (χ1) is 8.33. The van der Waals surface area contributed by atoms with Crippen LogP contribution in [-0.2, 0) is 0 Å². The van der Waals surface area contributed by atoms with E-state index in [1.54, 1.807) is 0 Å². The molecule has 1 unspecified atom stereocenters. The van der Waals surface area contributed by atoms with Gasteiger partial charge >= 0.3 is 0 Å². The number of fused-ring (bicyclic) bond motifs is 1. The molecule has 0 saturated heterocycles. The van der Waals surface area contributed by atoms with Crippen LogP contribution in [0.25, 0.3) is 10.8 Å². The zero-order chi connectivity index (χ0) is 11.7. The van der Waals surface area contributed by atoms with Gasteiger partial charge in [-0.15, -0.1) is 0 Å². The van der Waals surface area contributed by atoms with Gasteiger partial charge < -0.3 is 5.32 Å². The molecule has 1 aliphatic rings. The van der Waals surface area contributed by atoms with Crippen LogP contribution in [0.5, 0.6) is 0 Å². The van der Waals surface area contributed by atoms with E-state index < -0.39 is 0 Å². The maximum absolute atomic E-state index is 3.63. The van der Waals surface area contributed by atoms with E-state index in [9.17, 15) is 0 Å². The SMILES string of the molecule is CC(NCC1CC1)c1ccc2ccccc2c1. The number of rotatable bonds is 4. The summed E-state index contributed by atoms with van der Waals surface area (Å²) in [6, 6.07) is 15.8. The number of hydrogen-bond donors (Lipinski definition) is 1. The predicted octanol–water partition coefficient (Wildman–Crippen LogP) is 3.90. The molecule has 2 aromatic rings. The molecule has 1 saturated carbocycles. The summed E-state index contributed by atoms with van der Waals surface area (Å²) < 4.78 is 0. The van der Waals surface area contributed by atoms with Crippen molar-refractivity contribution < 1.29 is 0 Å². The van der Waals surface area contributed by atoms with Crippen molar-refractivity contribution in [3.05, 3.63) is 48.0 Å². The summed E-state index contributed by atoms with van der Waals surface area (Å²) in [6.45, 7) is 3.43. The van der Waals surface area contributed by atoms with Gasteiger partial charge in [-0.3, -0.25) is 0 Å². The van der Waals surface area contributed by atoms with Gasteiger partial charge in [0.2, 0.25) is 0 Å². The lowest BCUT2D eigenvalue weighted by Gasteiger charge is -2.14. The van der Waals surface area contributed by atoms with Crippen molar-refractivity contribution in [1.29, 1.82) is 0 Å². The fourth-order valence-corrected chi connectivity index (χ4v) is 2.26. The van der Waals surface area contributed by atoms with E-state index in [4.69, 9.17) is 0 Å². The van der Waals surface area contributed by atoms with Gasteiger partial charge in [-0.25, -0.2) is 0 Å². The van der Waals surface area contributed by atoms with Crippen molar-refractivity contribution in [3.8, 4) is 0 Å². The van der Waals surface area contributed by atoms with Crippen LogP contribution < -0.4 is 5.32 Å². The molecule has 1 heteroatoms. The second-order valence-electron chi connectivity index (χ2n) is 5.18. The summed E-state index contributed by atoms with van der Waals surface area (Å²) in [5.41, 5.74) is 1.39. The first kappa shape index (κ1) is 10.8. The number of hydrogen-bond acceptors (Lipinski definition) is 1. The summed E-state index contributed by atoms with van der Waals surface area (Å²) in [6.07, 6.45) is 2.83. The second kappa shape index (κ2) is 4.50. The summed E-state index contributed by atoms with van der Waals surface area (Å²) >= 11 is 0. The third kappa shape index (κ3) is 2.50. The van der Waals surface area contributed by atoms with Gasteiger partial charge in [0.15, 0.2) is 0 Å². The predicted molar refractivity (Wildman–Crippen MR) is 73.1 cm³/mol. The number of nitrogens with one attached hydrogen (secondary N) is 1. The Hall–Kier alpha value is -1.34. The highest BCUT2D eigenvalue weighted by molar-refractivity contribution is 5.83. The van der Waals surface area contributed by atoms with Crippen molar-refractivity contribution in [2.75, 3.05) is 6.54 Å². The van der Waals surface area contributed by atoms with E-state index in [0.29, 0.717) is 6.04 Å². The quantitative estimate of drug-likeness (QED) is 0.832. The normalized spacial score (nSPS) is 17.2. The summed E-state index contributed by atoms with van der Waals surface area (Å²) in [7, 11) is 0. The van der Waals surface area contributed by atoms with E-state index in [0.717, 1.165) is 5.92 Å². The zero-order valence-corrected chi connectivity index (χ0v) is 10.3. The van der Waals surface area contributed by atoms with Crippen molar-refractivity contribution in [2.45, 2.75) is 25.8 Å². The van der Waals surface area contributed by atoms with Crippen LogP contribution in [0, 0.1) is 5.92 Å². The van der Waals surface area contributed by atoms with Crippen LogP contribution in [0.1, 0.15) is 31.4 Å². The summed E-state index contributed by atoms with van der Waals surface area (Å²) in [5.74, 6) is 0.943. The lowest BCUT2D eigenvalue weighted by atomic mass is 10.0. The molecular weight excluding hydrogens is 206 g/mol. The number of benzene rings is 2. The molecule has 0 heterocycles. The zero-order valence-electron chi connectivity index (χ0n) is 10.3. The molecule has 0 aromatic heterocycles. The van der Waals surface area contributed by atoms with Gasteiger partial charge in [-0.05, 0) is 54.6 Å². The second-order valence-corrected chi connectivity index (χ2v) is 5.18. The maximum Gasteiger partial charge on any atom is 0.0292 e. The van der Waals surface area contributed by atoms with Crippen LogP contribution in [0.2, 0.25) is 0 Å². The molecule has 1 nitrogen and oxygen atoms in total. The largest absolute Gasteiger partial charge is 0.310 e. The van der Waals surface area contributed by atoms with Crippen LogP contribution >= 0.6 is 0 Å². The first-order valence-electron chi connectivity index (χ1n) is 6.55. The monoisotopic (exact) mass is 225 g/mol. The van der Waals surface area contributed by atoms with Gasteiger partial charge in [0.05, 0.1) is 0 Å². The minimum absolute atomic E-state index is 0.459. The van der Waals surface area contributed by atoms with E-state index >= 15 is 0 Å². The highest BCUT2D eigenvalue weighted by Crippen LogP contribution is 2.29. The highest BCUT2D eigenvalue weighted by atomic mass is 14.9. The molecule has 1 fully saturated rings. The van der Waals surface area contributed by atoms with Gasteiger partial charge in [0.25, 0.3) is 0 Å². The van der Waals surface area contributed by atoms with E-state index in [1.165, 1.54) is 35.7 Å². The minimum atomic E-state index is 0.459. The molecule has 0 aliphatic heterocycles. The van der Waals surface area contributed by atoms with Gasteiger partial charge in [0.1, 0.15) is 0 Å². The van der Waals surface area contributed by atoms with Gasteiger partial charge in [-0.1, -0.05) is 36.4 Å². The maximum atomic E-state index is 3.63. The Labute approximate surface area is 103 Å². The Morgan fingerprint density at radius 3 is 2.65 bits per heavy atom. The molecule has 0 bridgehead atoms. The third-order valence-electron chi connectivity index (χ3n) is 3.68. The molecule has 1 atom stereocenters. The molecule has 1 aliphatic carbocycles. The Morgan fingerprint density at radius 2 is 1.88 bits per heavy atom. The molecule has 3 rings (SSSR count).